The SMILES string of the molecule is CCC1COCCN1C(=O)C1(CC)CCNCC1. The van der Waals surface area contributed by atoms with Gasteiger partial charge >= 0.3 is 0 Å². The molecular weight excluding hydrogens is 228 g/mol. The number of rotatable bonds is 3. The monoisotopic (exact) mass is 254 g/mol. The van der Waals surface area contributed by atoms with Gasteiger partial charge in [-0.05, 0) is 38.8 Å². The average molecular weight is 254 g/mol. The van der Waals surface area contributed by atoms with Crippen LogP contribution >= 0.6 is 0 Å². The minimum Gasteiger partial charge on any atom is -0.377 e. The molecule has 0 saturated carbocycles. The van der Waals surface area contributed by atoms with Crippen molar-refractivity contribution in [3.8, 4) is 0 Å². The van der Waals surface area contributed by atoms with Gasteiger partial charge in [0, 0.05) is 6.54 Å². The Morgan fingerprint density at radius 3 is 2.72 bits per heavy atom. The number of carbonyl (C=O) groups is 1. The van der Waals surface area contributed by atoms with Crippen LogP contribution < -0.4 is 5.32 Å². The number of amides is 1. The molecule has 2 saturated heterocycles. The molecule has 1 atom stereocenters. The van der Waals surface area contributed by atoms with Gasteiger partial charge in [-0.3, -0.25) is 4.79 Å². The second-order valence-electron chi connectivity index (χ2n) is 5.52. The molecule has 0 bridgehead atoms. The second kappa shape index (κ2) is 6.02. The molecule has 0 aromatic carbocycles. The molecule has 2 rings (SSSR count). The smallest absolute Gasteiger partial charge is 0.229 e. The van der Waals surface area contributed by atoms with E-state index >= 15 is 0 Å². The molecule has 0 spiro atoms. The zero-order valence-electron chi connectivity index (χ0n) is 11.7. The molecule has 0 radical (unpaired) electrons. The van der Waals surface area contributed by atoms with Gasteiger partial charge in [-0.15, -0.1) is 0 Å². The summed E-state index contributed by atoms with van der Waals surface area (Å²) in [5.74, 6) is 0.377. The van der Waals surface area contributed by atoms with E-state index in [9.17, 15) is 4.79 Å². The van der Waals surface area contributed by atoms with Crippen molar-refractivity contribution in [1.82, 2.24) is 10.2 Å². The van der Waals surface area contributed by atoms with Gasteiger partial charge in [0.05, 0.1) is 24.7 Å². The Morgan fingerprint density at radius 2 is 2.11 bits per heavy atom. The molecule has 1 unspecified atom stereocenters. The van der Waals surface area contributed by atoms with Crippen molar-refractivity contribution in [2.24, 2.45) is 5.41 Å². The molecule has 18 heavy (non-hydrogen) atoms. The summed E-state index contributed by atoms with van der Waals surface area (Å²) < 4.78 is 5.50. The molecule has 1 amide bonds. The summed E-state index contributed by atoms with van der Waals surface area (Å²) in [6, 6.07) is 0.282. The Labute approximate surface area is 110 Å². The van der Waals surface area contributed by atoms with Crippen LogP contribution in [0.1, 0.15) is 39.5 Å². The molecule has 2 aliphatic heterocycles. The largest absolute Gasteiger partial charge is 0.377 e. The predicted molar refractivity (Wildman–Crippen MR) is 71.4 cm³/mol. The average Bonchev–Trinajstić information content (AvgIpc) is 2.47. The van der Waals surface area contributed by atoms with Gasteiger partial charge < -0.3 is 15.0 Å². The standard InChI is InChI=1S/C14H26N2O2/c1-3-12-11-18-10-9-16(12)13(17)14(4-2)5-7-15-8-6-14/h12,15H,3-11H2,1-2H3. The van der Waals surface area contributed by atoms with Crippen LogP contribution in [0.25, 0.3) is 0 Å². The molecule has 4 heteroatoms. The van der Waals surface area contributed by atoms with Crippen molar-refractivity contribution < 1.29 is 9.53 Å². The van der Waals surface area contributed by atoms with E-state index in [4.69, 9.17) is 4.74 Å². The summed E-state index contributed by atoms with van der Waals surface area (Å²) in [7, 11) is 0. The molecule has 104 valence electrons. The molecule has 0 aromatic rings. The number of nitrogens with one attached hydrogen (secondary N) is 1. The summed E-state index contributed by atoms with van der Waals surface area (Å²) in [6.07, 6.45) is 3.91. The quantitative estimate of drug-likeness (QED) is 0.828. The normalized spacial score (nSPS) is 28.1. The minimum atomic E-state index is -0.115. The van der Waals surface area contributed by atoms with Gasteiger partial charge in [-0.25, -0.2) is 0 Å². The predicted octanol–water partition coefficient (Wildman–Crippen LogP) is 1.40. The van der Waals surface area contributed by atoms with Gasteiger partial charge in [0.15, 0.2) is 0 Å². The van der Waals surface area contributed by atoms with E-state index in [0.29, 0.717) is 19.1 Å². The number of carbonyl (C=O) groups excluding carboxylic acids is 1. The number of hydrogen-bond donors (Lipinski definition) is 1. The zero-order valence-corrected chi connectivity index (χ0v) is 11.7. The fourth-order valence-electron chi connectivity index (χ4n) is 3.19. The first-order valence-corrected chi connectivity index (χ1v) is 7.33. The van der Waals surface area contributed by atoms with Crippen molar-refractivity contribution in [2.45, 2.75) is 45.6 Å². The number of piperidine rings is 1. The lowest BCUT2D eigenvalue weighted by molar-refractivity contribution is -0.153. The summed E-state index contributed by atoms with van der Waals surface area (Å²) >= 11 is 0. The van der Waals surface area contributed by atoms with Gasteiger partial charge in [-0.2, -0.15) is 0 Å². The summed E-state index contributed by atoms with van der Waals surface area (Å²) in [5.41, 5.74) is -0.115. The Bertz CT molecular complexity index is 288. The zero-order chi connectivity index (χ0) is 13.0. The van der Waals surface area contributed by atoms with Crippen molar-refractivity contribution in [2.75, 3.05) is 32.8 Å². The fraction of sp³-hybridized carbons (Fsp3) is 0.929. The van der Waals surface area contributed by atoms with Crippen LogP contribution in [-0.2, 0) is 9.53 Å². The van der Waals surface area contributed by atoms with E-state index in [1.807, 2.05) is 0 Å². The highest BCUT2D eigenvalue weighted by Gasteiger charge is 2.42. The van der Waals surface area contributed by atoms with Crippen LogP contribution in [0.2, 0.25) is 0 Å². The first-order valence-electron chi connectivity index (χ1n) is 7.33. The highest BCUT2D eigenvalue weighted by atomic mass is 16.5. The first-order chi connectivity index (χ1) is 8.73. The maximum atomic E-state index is 12.9. The topological polar surface area (TPSA) is 41.6 Å². The Kier molecular flexibility index (Phi) is 4.62. The lowest BCUT2D eigenvalue weighted by atomic mass is 9.75. The second-order valence-corrected chi connectivity index (χ2v) is 5.52. The van der Waals surface area contributed by atoms with Gasteiger partial charge in [-0.1, -0.05) is 13.8 Å². The van der Waals surface area contributed by atoms with E-state index in [1.54, 1.807) is 0 Å². The van der Waals surface area contributed by atoms with E-state index in [2.05, 4.69) is 24.1 Å². The third-order valence-electron chi connectivity index (χ3n) is 4.65. The third kappa shape index (κ3) is 2.54. The summed E-state index contributed by atoms with van der Waals surface area (Å²) in [4.78, 5) is 15.0. The van der Waals surface area contributed by atoms with E-state index in [0.717, 1.165) is 45.3 Å². The third-order valence-corrected chi connectivity index (χ3v) is 4.65. The Balaban J connectivity index is 2.11. The lowest BCUT2D eigenvalue weighted by Gasteiger charge is -2.44. The van der Waals surface area contributed by atoms with Crippen LogP contribution in [0, 0.1) is 5.41 Å². The van der Waals surface area contributed by atoms with E-state index in [-0.39, 0.29) is 11.5 Å². The maximum absolute atomic E-state index is 12.9. The van der Waals surface area contributed by atoms with Crippen LogP contribution in [0.15, 0.2) is 0 Å². The van der Waals surface area contributed by atoms with Gasteiger partial charge in [0.25, 0.3) is 0 Å². The van der Waals surface area contributed by atoms with Crippen molar-refractivity contribution in [3.05, 3.63) is 0 Å². The number of nitrogens with zero attached hydrogens (tertiary/aromatic N) is 1. The Morgan fingerprint density at radius 1 is 1.39 bits per heavy atom. The van der Waals surface area contributed by atoms with Gasteiger partial charge in [0.2, 0.25) is 5.91 Å². The molecule has 2 fully saturated rings. The van der Waals surface area contributed by atoms with Crippen molar-refractivity contribution in [3.63, 3.8) is 0 Å². The molecule has 0 aliphatic carbocycles. The van der Waals surface area contributed by atoms with Crippen molar-refractivity contribution >= 4 is 5.91 Å². The highest BCUT2D eigenvalue weighted by Crippen LogP contribution is 2.35. The molecule has 2 aliphatic rings. The first kappa shape index (κ1) is 13.8. The fourth-order valence-corrected chi connectivity index (χ4v) is 3.19. The van der Waals surface area contributed by atoms with Gasteiger partial charge in [0.1, 0.15) is 0 Å². The summed E-state index contributed by atoms with van der Waals surface area (Å²) in [5, 5.41) is 3.36. The van der Waals surface area contributed by atoms with Crippen LogP contribution in [0.4, 0.5) is 0 Å². The number of morpholine rings is 1. The maximum Gasteiger partial charge on any atom is 0.229 e. The Hall–Kier alpha value is -0.610. The lowest BCUT2D eigenvalue weighted by Crippen LogP contribution is -2.56. The van der Waals surface area contributed by atoms with Crippen molar-refractivity contribution in [1.29, 1.82) is 0 Å². The molecular formula is C14H26N2O2. The highest BCUT2D eigenvalue weighted by molar-refractivity contribution is 5.83. The van der Waals surface area contributed by atoms with E-state index < -0.39 is 0 Å². The number of hydrogen-bond acceptors (Lipinski definition) is 3. The van der Waals surface area contributed by atoms with Crippen LogP contribution in [0.5, 0.6) is 0 Å². The molecule has 2 heterocycles. The molecule has 1 N–H and O–H groups in total. The molecule has 4 nitrogen and oxygen atoms in total. The van der Waals surface area contributed by atoms with E-state index in [1.165, 1.54) is 0 Å². The van der Waals surface area contributed by atoms with Crippen LogP contribution in [-0.4, -0.2) is 49.7 Å². The summed E-state index contributed by atoms with van der Waals surface area (Å²) in [6.45, 7) is 8.42. The minimum absolute atomic E-state index is 0.115. The number of ether oxygens (including phenoxy) is 1. The molecule has 0 aromatic heterocycles. The van der Waals surface area contributed by atoms with Crippen LogP contribution in [0.3, 0.4) is 0 Å².